The van der Waals surface area contributed by atoms with Crippen molar-refractivity contribution in [2.45, 2.75) is 53.1 Å². The first-order valence-corrected chi connectivity index (χ1v) is 12.8. The summed E-state index contributed by atoms with van der Waals surface area (Å²) in [7, 11) is 0. The number of carbonyl (C=O) groups excluding carboxylic acids is 1. The fraction of sp³-hybridized carbons (Fsp3) is 0.407. The van der Waals surface area contributed by atoms with Gasteiger partial charge in [0.1, 0.15) is 0 Å². The van der Waals surface area contributed by atoms with Crippen LogP contribution in [0.1, 0.15) is 57.0 Å². The van der Waals surface area contributed by atoms with E-state index in [0.29, 0.717) is 30.8 Å². The monoisotopic (exact) mass is 479 g/mol. The Morgan fingerprint density at radius 1 is 1.12 bits per heavy atom. The van der Waals surface area contributed by atoms with Gasteiger partial charge in [0.2, 0.25) is 5.91 Å². The number of rotatable bonds is 8. The van der Waals surface area contributed by atoms with Crippen LogP contribution in [0.25, 0.3) is 0 Å². The summed E-state index contributed by atoms with van der Waals surface area (Å²) in [5.41, 5.74) is 4.16. The van der Waals surface area contributed by atoms with E-state index in [1.54, 1.807) is 11.8 Å². The summed E-state index contributed by atoms with van der Waals surface area (Å²) in [5.74, 6) is 1.94. The van der Waals surface area contributed by atoms with Gasteiger partial charge in [0.05, 0.1) is 24.6 Å². The minimum atomic E-state index is -0.0506. The lowest BCUT2D eigenvalue weighted by molar-refractivity contribution is -0.115. The van der Waals surface area contributed by atoms with Gasteiger partial charge in [-0.1, -0.05) is 39.0 Å². The molecule has 0 saturated heterocycles. The first kappa shape index (κ1) is 24.2. The minimum absolute atomic E-state index is 0.0506. The summed E-state index contributed by atoms with van der Waals surface area (Å²) >= 11 is 1.49. The van der Waals surface area contributed by atoms with E-state index >= 15 is 0 Å². The molecule has 2 heterocycles. The summed E-state index contributed by atoms with van der Waals surface area (Å²) in [4.78, 5) is 18.9. The molecule has 1 atom stereocenters. The van der Waals surface area contributed by atoms with Crippen molar-refractivity contribution in [3.05, 3.63) is 64.7 Å². The molecule has 1 aliphatic heterocycles. The number of anilines is 2. The quantitative estimate of drug-likeness (QED) is 0.427. The van der Waals surface area contributed by atoms with E-state index in [2.05, 4.69) is 50.4 Å². The standard InChI is InChI=1S/C27H33N3O3S/c1-5-20-7-10-23(11-8-20)30(19(4)31)27-29-22(17-34-27)16-28-26(18(2)3)21-9-12-24-25(15-21)33-14-6-13-32-24/h7-12,15,17-18,26,28H,5-6,13-14,16H2,1-4H3/t26-/m1/s1. The summed E-state index contributed by atoms with van der Waals surface area (Å²) in [6, 6.07) is 14.4. The molecule has 0 spiro atoms. The highest BCUT2D eigenvalue weighted by molar-refractivity contribution is 7.14. The highest BCUT2D eigenvalue weighted by Crippen LogP contribution is 2.35. The maximum atomic E-state index is 12.4. The van der Waals surface area contributed by atoms with Crippen molar-refractivity contribution >= 4 is 28.1 Å². The van der Waals surface area contributed by atoms with Gasteiger partial charge in [0.15, 0.2) is 16.6 Å². The Morgan fingerprint density at radius 3 is 2.53 bits per heavy atom. The second-order valence-corrected chi connectivity index (χ2v) is 9.69. The molecule has 1 N–H and O–H groups in total. The molecule has 0 unspecified atom stereocenters. The van der Waals surface area contributed by atoms with Crippen LogP contribution in [-0.2, 0) is 17.8 Å². The van der Waals surface area contributed by atoms with Crippen molar-refractivity contribution < 1.29 is 14.3 Å². The average molecular weight is 480 g/mol. The van der Waals surface area contributed by atoms with Gasteiger partial charge in [-0.3, -0.25) is 9.69 Å². The molecule has 34 heavy (non-hydrogen) atoms. The van der Waals surface area contributed by atoms with Gasteiger partial charge in [-0.25, -0.2) is 4.98 Å². The Hall–Kier alpha value is -2.90. The third-order valence-electron chi connectivity index (χ3n) is 5.95. The van der Waals surface area contributed by atoms with E-state index in [-0.39, 0.29) is 11.9 Å². The third kappa shape index (κ3) is 5.59. The van der Waals surface area contributed by atoms with E-state index in [0.717, 1.165) is 41.3 Å². The predicted molar refractivity (Wildman–Crippen MR) is 137 cm³/mol. The van der Waals surface area contributed by atoms with Crippen molar-refractivity contribution in [1.82, 2.24) is 10.3 Å². The normalized spacial score (nSPS) is 14.0. The zero-order chi connectivity index (χ0) is 24.1. The number of aryl methyl sites for hydroxylation is 1. The molecule has 6 nitrogen and oxygen atoms in total. The molecule has 7 heteroatoms. The minimum Gasteiger partial charge on any atom is -0.490 e. The maximum Gasteiger partial charge on any atom is 0.230 e. The number of benzene rings is 2. The van der Waals surface area contributed by atoms with Crippen LogP contribution < -0.4 is 19.7 Å². The zero-order valence-corrected chi connectivity index (χ0v) is 21.2. The number of fused-ring (bicyclic) bond motifs is 1. The van der Waals surface area contributed by atoms with Crippen LogP contribution in [0.15, 0.2) is 47.8 Å². The van der Waals surface area contributed by atoms with Gasteiger partial charge in [-0.15, -0.1) is 11.3 Å². The van der Waals surface area contributed by atoms with Crippen molar-refractivity contribution in [1.29, 1.82) is 0 Å². The molecule has 1 aliphatic rings. The number of carbonyl (C=O) groups is 1. The second kappa shape index (κ2) is 11.0. The number of nitrogens with one attached hydrogen (secondary N) is 1. The van der Waals surface area contributed by atoms with Crippen LogP contribution in [0, 0.1) is 5.92 Å². The van der Waals surface area contributed by atoms with E-state index in [1.165, 1.54) is 16.9 Å². The van der Waals surface area contributed by atoms with E-state index < -0.39 is 0 Å². The molecule has 0 aliphatic carbocycles. The molecule has 1 amide bonds. The summed E-state index contributed by atoms with van der Waals surface area (Å²) < 4.78 is 11.7. The Balaban J connectivity index is 1.49. The van der Waals surface area contributed by atoms with Crippen molar-refractivity contribution in [2.24, 2.45) is 5.92 Å². The Morgan fingerprint density at radius 2 is 1.85 bits per heavy atom. The lowest BCUT2D eigenvalue weighted by Gasteiger charge is -2.23. The molecule has 0 fully saturated rings. The molecule has 4 rings (SSSR count). The van der Waals surface area contributed by atoms with Gasteiger partial charge in [-0.05, 0) is 47.7 Å². The molecular weight excluding hydrogens is 446 g/mol. The lowest BCUT2D eigenvalue weighted by atomic mass is 9.95. The molecular formula is C27H33N3O3S. The van der Waals surface area contributed by atoms with Gasteiger partial charge < -0.3 is 14.8 Å². The van der Waals surface area contributed by atoms with Crippen molar-refractivity contribution in [2.75, 3.05) is 18.1 Å². The summed E-state index contributed by atoms with van der Waals surface area (Å²) in [6.07, 6.45) is 1.86. The van der Waals surface area contributed by atoms with Crippen LogP contribution in [0.2, 0.25) is 0 Å². The van der Waals surface area contributed by atoms with Crippen LogP contribution in [0.5, 0.6) is 11.5 Å². The highest BCUT2D eigenvalue weighted by Gasteiger charge is 2.21. The van der Waals surface area contributed by atoms with Gasteiger partial charge in [0.25, 0.3) is 0 Å². The topological polar surface area (TPSA) is 63.7 Å². The lowest BCUT2D eigenvalue weighted by Crippen LogP contribution is -2.26. The molecule has 1 aromatic heterocycles. The van der Waals surface area contributed by atoms with Gasteiger partial charge >= 0.3 is 0 Å². The Kier molecular flexibility index (Phi) is 7.85. The summed E-state index contributed by atoms with van der Waals surface area (Å²) in [6.45, 7) is 10.1. The summed E-state index contributed by atoms with van der Waals surface area (Å²) in [5, 5.41) is 6.36. The molecule has 0 radical (unpaired) electrons. The number of nitrogens with zero attached hydrogens (tertiary/aromatic N) is 2. The first-order chi connectivity index (χ1) is 16.5. The van der Waals surface area contributed by atoms with Gasteiger partial charge in [0, 0.05) is 31.3 Å². The average Bonchev–Trinajstić information content (AvgIpc) is 3.15. The maximum absolute atomic E-state index is 12.4. The van der Waals surface area contributed by atoms with Crippen LogP contribution in [0.4, 0.5) is 10.8 Å². The predicted octanol–water partition coefficient (Wildman–Crippen LogP) is 6.04. The van der Waals surface area contributed by atoms with E-state index in [9.17, 15) is 4.79 Å². The number of thiazole rings is 1. The van der Waals surface area contributed by atoms with Crippen molar-refractivity contribution in [3.8, 4) is 11.5 Å². The van der Waals surface area contributed by atoms with Crippen LogP contribution in [0.3, 0.4) is 0 Å². The number of ether oxygens (including phenoxy) is 2. The number of amides is 1. The SMILES string of the molecule is CCc1ccc(N(C(C)=O)c2nc(CN[C@@H](c3ccc4c(c3)OCCCO4)C(C)C)cs2)cc1. The Bertz CT molecular complexity index is 1110. The number of hydrogen-bond donors (Lipinski definition) is 1. The molecule has 0 bridgehead atoms. The van der Waals surface area contributed by atoms with E-state index in [4.69, 9.17) is 14.5 Å². The largest absolute Gasteiger partial charge is 0.490 e. The second-order valence-electron chi connectivity index (χ2n) is 8.86. The number of hydrogen-bond acceptors (Lipinski definition) is 6. The Labute approximate surface area is 205 Å². The van der Waals surface area contributed by atoms with Gasteiger partial charge in [-0.2, -0.15) is 0 Å². The van der Waals surface area contributed by atoms with Crippen molar-refractivity contribution in [3.63, 3.8) is 0 Å². The highest BCUT2D eigenvalue weighted by atomic mass is 32.1. The smallest absolute Gasteiger partial charge is 0.230 e. The molecule has 180 valence electrons. The molecule has 3 aromatic rings. The van der Waals surface area contributed by atoms with E-state index in [1.807, 2.05) is 23.6 Å². The number of aromatic nitrogens is 1. The van der Waals surface area contributed by atoms with Crippen LogP contribution >= 0.6 is 11.3 Å². The fourth-order valence-corrected chi connectivity index (χ4v) is 5.00. The van der Waals surface area contributed by atoms with Crippen LogP contribution in [-0.4, -0.2) is 24.1 Å². The fourth-order valence-electron chi connectivity index (χ4n) is 4.11. The zero-order valence-electron chi connectivity index (χ0n) is 20.3. The first-order valence-electron chi connectivity index (χ1n) is 11.9. The molecule has 2 aromatic carbocycles. The third-order valence-corrected chi connectivity index (χ3v) is 6.82. The molecule has 0 saturated carbocycles.